The van der Waals surface area contributed by atoms with E-state index in [9.17, 15) is 4.79 Å². The minimum Gasteiger partial charge on any atom is -0.378 e. The highest BCUT2D eigenvalue weighted by molar-refractivity contribution is 5.93. The van der Waals surface area contributed by atoms with Gasteiger partial charge in [-0.15, -0.1) is 0 Å². The molecular formula is C24H27N9O2. The number of pyridine rings is 2. The summed E-state index contributed by atoms with van der Waals surface area (Å²) in [6, 6.07) is 9.24. The van der Waals surface area contributed by atoms with Gasteiger partial charge in [-0.3, -0.25) is 19.9 Å². The van der Waals surface area contributed by atoms with E-state index in [4.69, 9.17) is 4.74 Å². The van der Waals surface area contributed by atoms with Crippen LogP contribution in [0.15, 0.2) is 55.1 Å². The average Bonchev–Trinajstić information content (AvgIpc) is 3.39. The second-order valence-electron chi connectivity index (χ2n) is 7.63. The summed E-state index contributed by atoms with van der Waals surface area (Å²) in [5.41, 5.74) is 4.53. The molecule has 0 saturated heterocycles. The van der Waals surface area contributed by atoms with E-state index in [2.05, 4.69) is 46.1 Å². The molecule has 0 radical (unpaired) electrons. The summed E-state index contributed by atoms with van der Waals surface area (Å²) in [5, 5.41) is 15.9. The van der Waals surface area contributed by atoms with Crippen molar-refractivity contribution in [2.24, 2.45) is 0 Å². The van der Waals surface area contributed by atoms with Crippen LogP contribution < -0.4 is 16.0 Å². The fourth-order valence-electron chi connectivity index (χ4n) is 3.31. The Morgan fingerprint density at radius 1 is 1.06 bits per heavy atom. The molecule has 4 N–H and O–H groups in total. The number of rotatable bonds is 11. The minimum atomic E-state index is -0.251. The maximum Gasteiger partial charge on any atom is 0.269 e. The molecule has 4 aromatic rings. The number of aromatic amines is 1. The predicted octanol–water partition coefficient (Wildman–Crippen LogP) is 2.53. The van der Waals surface area contributed by atoms with Crippen molar-refractivity contribution in [1.29, 1.82) is 0 Å². The molecule has 11 heteroatoms. The number of hydrogen-bond acceptors (Lipinski definition) is 9. The Morgan fingerprint density at radius 2 is 1.94 bits per heavy atom. The fraction of sp³-hybridized carbons (Fsp3) is 0.250. The highest BCUT2D eigenvalue weighted by atomic mass is 16.5. The van der Waals surface area contributed by atoms with Crippen molar-refractivity contribution >= 4 is 17.7 Å². The maximum atomic E-state index is 12.3. The number of nitrogens with zero attached hydrogens (tertiary/aromatic N) is 5. The molecule has 0 fully saturated rings. The van der Waals surface area contributed by atoms with Crippen LogP contribution in [0.25, 0.3) is 22.5 Å². The summed E-state index contributed by atoms with van der Waals surface area (Å²) in [7, 11) is 1.77. The zero-order chi connectivity index (χ0) is 24.5. The van der Waals surface area contributed by atoms with Gasteiger partial charge in [-0.2, -0.15) is 10.1 Å². The van der Waals surface area contributed by atoms with E-state index >= 15 is 0 Å². The molecule has 35 heavy (non-hydrogen) atoms. The second kappa shape index (κ2) is 11.7. The predicted molar refractivity (Wildman–Crippen MR) is 133 cm³/mol. The third-order valence-electron chi connectivity index (χ3n) is 5.02. The summed E-state index contributed by atoms with van der Waals surface area (Å²) < 4.78 is 5.65. The number of amides is 1. The molecule has 0 unspecified atom stereocenters. The molecule has 180 valence electrons. The lowest BCUT2D eigenvalue weighted by Gasteiger charge is -2.13. The summed E-state index contributed by atoms with van der Waals surface area (Å²) >= 11 is 0. The van der Waals surface area contributed by atoms with Gasteiger partial charge in [0.1, 0.15) is 17.2 Å². The Labute approximate surface area is 202 Å². The van der Waals surface area contributed by atoms with Gasteiger partial charge in [-0.1, -0.05) is 6.07 Å². The number of hydrogen-bond donors (Lipinski definition) is 4. The topological polar surface area (TPSA) is 143 Å². The van der Waals surface area contributed by atoms with Crippen LogP contribution in [0.1, 0.15) is 16.1 Å². The van der Waals surface area contributed by atoms with Crippen LogP contribution >= 0.6 is 0 Å². The first-order valence-corrected chi connectivity index (χ1v) is 11.2. The van der Waals surface area contributed by atoms with Gasteiger partial charge in [0.05, 0.1) is 18.9 Å². The van der Waals surface area contributed by atoms with Crippen LogP contribution in [-0.2, 0) is 4.74 Å². The Bertz CT molecular complexity index is 1260. The number of carbonyl (C=O) groups is 1. The number of nitrogens with one attached hydrogen (secondary N) is 4. The molecule has 4 rings (SSSR count). The van der Waals surface area contributed by atoms with Gasteiger partial charge in [-0.05, 0) is 36.8 Å². The third kappa shape index (κ3) is 6.36. The lowest BCUT2D eigenvalue weighted by atomic mass is 10.1. The van der Waals surface area contributed by atoms with Crippen LogP contribution in [0.5, 0.6) is 0 Å². The SMILES string of the molecule is CNc1ncc(-c2cncc(C)c2)c(NCCOCCNC(=O)c2cc(-c3ccccn3)n[nH]2)n1. The lowest BCUT2D eigenvalue weighted by molar-refractivity contribution is 0.0916. The van der Waals surface area contributed by atoms with Gasteiger partial charge in [0.25, 0.3) is 5.91 Å². The summed E-state index contributed by atoms with van der Waals surface area (Å²) in [6.07, 6.45) is 7.04. The normalized spacial score (nSPS) is 10.7. The van der Waals surface area contributed by atoms with E-state index in [0.29, 0.717) is 55.2 Å². The Kier molecular flexibility index (Phi) is 7.92. The molecule has 11 nitrogen and oxygen atoms in total. The zero-order valence-corrected chi connectivity index (χ0v) is 19.6. The van der Waals surface area contributed by atoms with Crippen molar-refractivity contribution in [3.8, 4) is 22.5 Å². The van der Waals surface area contributed by atoms with E-state index in [1.54, 1.807) is 37.9 Å². The smallest absolute Gasteiger partial charge is 0.269 e. The molecule has 0 atom stereocenters. The van der Waals surface area contributed by atoms with Crippen LogP contribution in [0.4, 0.5) is 11.8 Å². The summed E-state index contributed by atoms with van der Waals surface area (Å²) in [6.45, 7) is 3.70. The van der Waals surface area contributed by atoms with Crippen molar-refractivity contribution < 1.29 is 9.53 Å². The molecule has 4 heterocycles. The van der Waals surface area contributed by atoms with Crippen molar-refractivity contribution in [3.05, 3.63) is 66.4 Å². The Hall–Kier alpha value is -4.38. The number of H-pyrrole nitrogens is 1. The van der Waals surface area contributed by atoms with Gasteiger partial charge < -0.3 is 20.7 Å². The standard InChI is InChI=1S/C24H27N9O2/c1-16-11-17(14-26-13-16)18-15-30-24(25-2)31-22(18)28-7-9-35-10-8-29-23(34)21-12-20(32-33-21)19-5-3-4-6-27-19/h3-6,11-15H,7-10H2,1-2H3,(H,29,34)(H,32,33)(H2,25,28,30,31). The van der Waals surface area contributed by atoms with Gasteiger partial charge in [0, 0.05) is 56.1 Å². The number of anilines is 2. The molecule has 0 spiro atoms. The number of carbonyl (C=O) groups excluding carboxylic acids is 1. The number of ether oxygens (including phenoxy) is 1. The van der Waals surface area contributed by atoms with Crippen LogP contribution in [0, 0.1) is 6.92 Å². The molecule has 0 saturated carbocycles. The molecule has 0 aliphatic carbocycles. The summed E-state index contributed by atoms with van der Waals surface area (Å²) in [4.78, 5) is 29.7. The van der Waals surface area contributed by atoms with E-state index in [1.165, 1.54) is 0 Å². The monoisotopic (exact) mass is 473 g/mol. The summed E-state index contributed by atoms with van der Waals surface area (Å²) in [5.74, 6) is 0.959. The second-order valence-corrected chi connectivity index (χ2v) is 7.63. The van der Waals surface area contributed by atoms with Gasteiger partial charge in [-0.25, -0.2) is 4.98 Å². The molecular weight excluding hydrogens is 446 g/mol. The zero-order valence-electron chi connectivity index (χ0n) is 19.6. The highest BCUT2D eigenvalue weighted by Gasteiger charge is 2.12. The first-order chi connectivity index (χ1) is 17.1. The molecule has 0 aliphatic rings. The molecule has 1 amide bonds. The Balaban J connectivity index is 1.22. The molecule has 0 aliphatic heterocycles. The van der Waals surface area contributed by atoms with Crippen molar-refractivity contribution in [3.63, 3.8) is 0 Å². The average molecular weight is 474 g/mol. The van der Waals surface area contributed by atoms with Gasteiger partial charge in [0.2, 0.25) is 5.95 Å². The van der Waals surface area contributed by atoms with Crippen LogP contribution in [0.2, 0.25) is 0 Å². The lowest BCUT2D eigenvalue weighted by Crippen LogP contribution is -2.28. The maximum absolute atomic E-state index is 12.3. The van der Waals surface area contributed by atoms with Crippen molar-refractivity contribution in [2.75, 3.05) is 44.0 Å². The first kappa shape index (κ1) is 23.8. The van der Waals surface area contributed by atoms with E-state index in [1.807, 2.05) is 31.2 Å². The van der Waals surface area contributed by atoms with Crippen molar-refractivity contribution in [1.82, 2.24) is 35.5 Å². The Morgan fingerprint density at radius 3 is 2.74 bits per heavy atom. The van der Waals surface area contributed by atoms with Crippen molar-refractivity contribution in [2.45, 2.75) is 6.92 Å². The molecule has 0 bridgehead atoms. The minimum absolute atomic E-state index is 0.251. The van der Waals surface area contributed by atoms with Gasteiger partial charge >= 0.3 is 0 Å². The van der Waals surface area contributed by atoms with E-state index < -0.39 is 0 Å². The quantitative estimate of drug-likeness (QED) is 0.242. The third-order valence-corrected chi connectivity index (χ3v) is 5.02. The van der Waals surface area contributed by atoms with Gasteiger partial charge in [0.15, 0.2) is 0 Å². The van der Waals surface area contributed by atoms with E-state index in [0.717, 1.165) is 16.7 Å². The molecule has 0 aromatic carbocycles. The van der Waals surface area contributed by atoms with E-state index in [-0.39, 0.29) is 5.91 Å². The largest absolute Gasteiger partial charge is 0.378 e. The van der Waals surface area contributed by atoms with Crippen LogP contribution in [-0.4, -0.2) is 69.4 Å². The fourth-order valence-corrected chi connectivity index (χ4v) is 3.31. The number of aromatic nitrogens is 6. The number of aryl methyl sites for hydroxylation is 1. The molecule has 4 aromatic heterocycles. The highest BCUT2D eigenvalue weighted by Crippen LogP contribution is 2.26. The first-order valence-electron chi connectivity index (χ1n) is 11.2. The van der Waals surface area contributed by atoms with Crippen LogP contribution in [0.3, 0.4) is 0 Å².